The molecule has 1 aromatic carbocycles. The van der Waals surface area contributed by atoms with E-state index >= 15 is 0 Å². The standard InChI is InChI=1S/C19H26N2O3/c1-2-3-4-5-6-7-8-12-18-20-13-17(24-18)15-10-9-11-16(19(15)23)21-14-22/h9-11,13-14,23H,2-8,12H2,1H3,(H,21,22). The first-order chi connectivity index (χ1) is 11.8. The largest absolute Gasteiger partial charge is 0.505 e. The van der Waals surface area contributed by atoms with Gasteiger partial charge in [0.25, 0.3) is 0 Å². The Morgan fingerprint density at radius 3 is 2.67 bits per heavy atom. The molecule has 0 radical (unpaired) electrons. The zero-order valence-electron chi connectivity index (χ0n) is 14.3. The Hall–Kier alpha value is -2.30. The fraction of sp³-hybridized carbons (Fsp3) is 0.474. The number of benzene rings is 1. The van der Waals surface area contributed by atoms with Gasteiger partial charge in [0.1, 0.15) is 5.75 Å². The Balaban J connectivity index is 1.87. The van der Waals surface area contributed by atoms with E-state index in [1.807, 2.05) is 0 Å². The number of nitrogens with zero attached hydrogens (tertiary/aromatic N) is 1. The molecule has 2 rings (SSSR count). The van der Waals surface area contributed by atoms with E-state index in [-0.39, 0.29) is 5.75 Å². The summed E-state index contributed by atoms with van der Waals surface area (Å²) in [5.74, 6) is 1.19. The molecule has 1 heterocycles. The summed E-state index contributed by atoms with van der Waals surface area (Å²) in [7, 11) is 0. The Labute approximate surface area is 143 Å². The van der Waals surface area contributed by atoms with Gasteiger partial charge >= 0.3 is 0 Å². The average molecular weight is 330 g/mol. The number of phenols is 1. The second kappa shape index (κ2) is 9.75. The molecule has 0 aliphatic heterocycles. The number of aromatic hydroxyl groups is 1. The maximum atomic E-state index is 10.6. The minimum atomic E-state index is -0.0109. The molecule has 130 valence electrons. The first kappa shape index (κ1) is 18.0. The van der Waals surface area contributed by atoms with Crippen molar-refractivity contribution < 1.29 is 14.3 Å². The molecule has 2 N–H and O–H groups in total. The third-order valence-electron chi connectivity index (χ3n) is 4.06. The van der Waals surface area contributed by atoms with E-state index in [1.165, 1.54) is 38.5 Å². The molecular formula is C19H26N2O3. The summed E-state index contributed by atoms with van der Waals surface area (Å²) in [6, 6.07) is 5.12. The van der Waals surface area contributed by atoms with E-state index in [2.05, 4.69) is 17.2 Å². The average Bonchev–Trinajstić information content (AvgIpc) is 3.05. The molecule has 1 amide bonds. The van der Waals surface area contributed by atoms with Crippen molar-refractivity contribution in [3.05, 3.63) is 30.3 Å². The van der Waals surface area contributed by atoms with Crippen molar-refractivity contribution in [2.75, 3.05) is 5.32 Å². The number of carbonyl (C=O) groups is 1. The lowest BCUT2D eigenvalue weighted by Gasteiger charge is -2.06. The van der Waals surface area contributed by atoms with Crippen molar-refractivity contribution in [2.24, 2.45) is 0 Å². The summed E-state index contributed by atoms with van der Waals surface area (Å²) in [5, 5.41) is 12.7. The van der Waals surface area contributed by atoms with Gasteiger partial charge in [0.05, 0.1) is 17.4 Å². The highest BCUT2D eigenvalue weighted by atomic mass is 16.4. The zero-order chi connectivity index (χ0) is 17.2. The molecule has 5 heteroatoms. The molecule has 0 aliphatic rings. The molecule has 24 heavy (non-hydrogen) atoms. The first-order valence-corrected chi connectivity index (χ1v) is 8.73. The number of amides is 1. The molecule has 0 spiro atoms. The molecule has 0 unspecified atom stereocenters. The van der Waals surface area contributed by atoms with Crippen LogP contribution in [0.15, 0.2) is 28.8 Å². The van der Waals surface area contributed by atoms with Crippen molar-refractivity contribution in [1.82, 2.24) is 4.98 Å². The number of oxazole rings is 1. The van der Waals surface area contributed by atoms with Crippen LogP contribution in [0.2, 0.25) is 0 Å². The Morgan fingerprint density at radius 2 is 1.92 bits per heavy atom. The number of rotatable bonds is 11. The Bertz CT molecular complexity index is 637. The minimum absolute atomic E-state index is 0.0109. The van der Waals surface area contributed by atoms with Crippen LogP contribution >= 0.6 is 0 Å². The van der Waals surface area contributed by atoms with E-state index in [0.717, 1.165) is 12.8 Å². The summed E-state index contributed by atoms with van der Waals surface area (Å²) >= 11 is 0. The Morgan fingerprint density at radius 1 is 1.17 bits per heavy atom. The molecule has 2 aromatic rings. The van der Waals surface area contributed by atoms with Gasteiger partial charge in [-0.3, -0.25) is 4.79 Å². The van der Waals surface area contributed by atoms with Crippen LogP contribution in [-0.2, 0) is 11.2 Å². The van der Waals surface area contributed by atoms with Crippen LogP contribution in [0.25, 0.3) is 11.3 Å². The number of nitrogens with one attached hydrogen (secondary N) is 1. The van der Waals surface area contributed by atoms with Gasteiger partial charge in [0.15, 0.2) is 11.7 Å². The molecule has 0 atom stereocenters. The topological polar surface area (TPSA) is 75.4 Å². The predicted octanol–water partition coefficient (Wildman–Crippen LogP) is 4.91. The van der Waals surface area contributed by atoms with Gasteiger partial charge in [-0.05, 0) is 18.6 Å². The van der Waals surface area contributed by atoms with Gasteiger partial charge in [0.2, 0.25) is 6.41 Å². The molecule has 0 aliphatic carbocycles. The summed E-state index contributed by atoms with van der Waals surface area (Å²) in [4.78, 5) is 14.8. The number of phenolic OH excluding ortho intramolecular Hbond substituents is 1. The molecule has 0 fully saturated rings. The number of hydrogen-bond donors (Lipinski definition) is 2. The molecule has 0 saturated heterocycles. The zero-order valence-corrected chi connectivity index (χ0v) is 14.3. The van der Waals surface area contributed by atoms with Gasteiger partial charge in [-0.25, -0.2) is 4.98 Å². The van der Waals surface area contributed by atoms with E-state index in [0.29, 0.717) is 29.3 Å². The van der Waals surface area contributed by atoms with Crippen LogP contribution in [0.1, 0.15) is 57.8 Å². The SMILES string of the molecule is CCCCCCCCCc1ncc(-c2cccc(NC=O)c2O)o1. The third-order valence-corrected chi connectivity index (χ3v) is 4.06. The lowest BCUT2D eigenvalue weighted by Crippen LogP contribution is -1.94. The van der Waals surface area contributed by atoms with E-state index < -0.39 is 0 Å². The number of anilines is 1. The third kappa shape index (κ3) is 5.11. The van der Waals surface area contributed by atoms with E-state index in [1.54, 1.807) is 24.4 Å². The van der Waals surface area contributed by atoms with E-state index in [4.69, 9.17) is 4.42 Å². The lowest BCUT2D eigenvalue weighted by molar-refractivity contribution is -0.105. The van der Waals surface area contributed by atoms with E-state index in [9.17, 15) is 9.90 Å². The monoisotopic (exact) mass is 330 g/mol. The van der Waals surface area contributed by atoms with Crippen molar-refractivity contribution in [3.8, 4) is 17.1 Å². The number of aromatic nitrogens is 1. The number of unbranched alkanes of at least 4 members (excludes halogenated alkanes) is 6. The number of para-hydroxylation sites is 1. The quantitative estimate of drug-likeness (QED) is 0.349. The van der Waals surface area contributed by atoms with Crippen molar-refractivity contribution >= 4 is 12.1 Å². The van der Waals surface area contributed by atoms with Gasteiger partial charge in [-0.2, -0.15) is 0 Å². The van der Waals surface area contributed by atoms with Crippen LogP contribution < -0.4 is 5.32 Å². The van der Waals surface area contributed by atoms with Crippen LogP contribution in [0.3, 0.4) is 0 Å². The van der Waals surface area contributed by atoms with Crippen molar-refractivity contribution in [3.63, 3.8) is 0 Å². The second-order valence-corrected chi connectivity index (χ2v) is 5.95. The number of carbonyl (C=O) groups excluding carboxylic acids is 1. The highest BCUT2D eigenvalue weighted by Crippen LogP contribution is 2.35. The summed E-state index contributed by atoms with van der Waals surface area (Å²) < 4.78 is 5.74. The summed E-state index contributed by atoms with van der Waals surface area (Å²) in [5.41, 5.74) is 0.882. The summed E-state index contributed by atoms with van der Waals surface area (Å²) in [6.45, 7) is 2.22. The highest BCUT2D eigenvalue weighted by molar-refractivity contribution is 5.81. The second-order valence-electron chi connectivity index (χ2n) is 5.95. The number of aryl methyl sites for hydroxylation is 1. The molecule has 0 saturated carbocycles. The molecule has 5 nitrogen and oxygen atoms in total. The van der Waals surface area contributed by atoms with Crippen LogP contribution in [0, 0.1) is 0 Å². The highest BCUT2D eigenvalue weighted by Gasteiger charge is 2.13. The molecule has 1 aromatic heterocycles. The van der Waals surface area contributed by atoms with Crippen LogP contribution in [-0.4, -0.2) is 16.5 Å². The van der Waals surface area contributed by atoms with Gasteiger partial charge in [-0.1, -0.05) is 51.5 Å². The Kier molecular flexibility index (Phi) is 7.33. The summed E-state index contributed by atoms with van der Waals surface area (Å²) in [6.07, 6.45) is 11.7. The number of hydrogen-bond acceptors (Lipinski definition) is 4. The molecular weight excluding hydrogens is 304 g/mol. The predicted molar refractivity (Wildman–Crippen MR) is 95.0 cm³/mol. The van der Waals surface area contributed by atoms with Crippen molar-refractivity contribution in [1.29, 1.82) is 0 Å². The smallest absolute Gasteiger partial charge is 0.211 e. The minimum Gasteiger partial charge on any atom is -0.505 e. The fourth-order valence-corrected chi connectivity index (χ4v) is 2.71. The lowest BCUT2D eigenvalue weighted by atomic mass is 10.1. The fourth-order valence-electron chi connectivity index (χ4n) is 2.71. The normalized spacial score (nSPS) is 10.7. The van der Waals surface area contributed by atoms with Crippen LogP contribution in [0.5, 0.6) is 5.75 Å². The maximum Gasteiger partial charge on any atom is 0.211 e. The van der Waals surface area contributed by atoms with Crippen LogP contribution in [0.4, 0.5) is 5.69 Å². The van der Waals surface area contributed by atoms with Crippen molar-refractivity contribution in [2.45, 2.75) is 58.3 Å². The van der Waals surface area contributed by atoms with Gasteiger partial charge < -0.3 is 14.8 Å². The maximum absolute atomic E-state index is 10.6. The van der Waals surface area contributed by atoms with Gasteiger partial charge in [-0.15, -0.1) is 0 Å². The first-order valence-electron chi connectivity index (χ1n) is 8.73. The molecule has 0 bridgehead atoms. The van der Waals surface area contributed by atoms with Gasteiger partial charge in [0, 0.05) is 6.42 Å².